The van der Waals surface area contributed by atoms with E-state index in [-0.39, 0.29) is 11.9 Å². The maximum atomic E-state index is 13.1. The Morgan fingerprint density at radius 2 is 1.62 bits per heavy atom. The summed E-state index contributed by atoms with van der Waals surface area (Å²) in [6, 6.07) is 12.1. The van der Waals surface area contributed by atoms with Gasteiger partial charge in [0.2, 0.25) is 0 Å². The molecule has 0 radical (unpaired) electrons. The summed E-state index contributed by atoms with van der Waals surface area (Å²) in [6.45, 7) is 5.88. The molecule has 3 aromatic rings. The van der Waals surface area contributed by atoms with Gasteiger partial charge in [0.1, 0.15) is 6.04 Å². The van der Waals surface area contributed by atoms with Crippen molar-refractivity contribution >= 4 is 34.5 Å². The van der Waals surface area contributed by atoms with E-state index in [1.807, 2.05) is 43.0 Å². The Labute approximate surface area is 192 Å². The molecule has 1 aromatic heterocycles. The van der Waals surface area contributed by atoms with Gasteiger partial charge in [0.05, 0.1) is 29.5 Å². The molecule has 0 unspecified atom stereocenters. The van der Waals surface area contributed by atoms with Gasteiger partial charge in [-0.2, -0.15) is 0 Å². The summed E-state index contributed by atoms with van der Waals surface area (Å²) in [5.74, 6) is -0.421. The second-order valence-electron chi connectivity index (χ2n) is 7.87. The lowest BCUT2D eigenvalue weighted by Crippen LogP contribution is -2.51. The van der Waals surface area contributed by atoms with Gasteiger partial charge in [-0.3, -0.25) is 9.69 Å². The molecule has 1 aliphatic rings. The highest BCUT2D eigenvalue weighted by molar-refractivity contribution is 6.31. The van der Waals surface area contributed by atoms with Crippen molar-refractivity contribution in [2.24, 2.45) is 0 Å². The summed E-state index contributed by atoms with van der Waals surface area (Å²) in [6.07, 6.45) is 0. The third-order valence-corrected chi connectivity index (χ3v) is 6.26. The van der Waals surface area contributed by atoms with Crippen molar-refractivity contribution < 1.29 is 14.3 Å². The fraction of sp³-hybridized carbons (Fsp3) is 0.333. The lowest BCUT2D eigenvalue weighted by Gasteiger charge is -2.38. The van der Waals surface area contributed by atoms with Crippen molar-refractivity contribution in [2.45, 2.75) is 19.9 Å². The lowest BCUT2D eigenvalue weighted by molar-refractivity contribution is -0.148. The van der Waals surface area contributed by atoms with Crippen LogP contribution < -0.4 is 0 Å². The third kappa shape index (κ3) is 4.31. The number of hydrogen-bond donors (Lipinski definition) is 0. The number of halogens is 1. The van der Waals surface area contributed by atoms with Crippen LogP contribution in [0.15, 0.2) is 42.5 Å². The summed E-state index contributed by atoms with van der Waals surface area (Å²) < 4.78 is 5.04. The van der Waals surface area contributed by atoms with E-state index in [9.17, 15) is 9.59 Å². The molecule has 0 spiro atoms. The molecular weight excluding hydrogens is 428 g/mol. The molecule has 32 heavy (non-hydrogen) atoms. The van der Waals surface area contributed by atoms with Crippen LogP contribution >= 0.6 is 11.6 Å². The number of benzene rings is 2. The minimum absolute atomic E-state index is 0.0565. The molecule has 0 bridgehead atoms. The molecule has 1 saturated heterocycles. The zero-order valence-electron chi connectivity index (χ0n) is 18.3. The number of carbonyl (C=O) groups is 2. The van der Waals surface area contributed by atoms with Gasteiger partial charge in [-0.15, -0.1) is 0 Å². The molecule has 166 valence electrons. The quantitative estimate of drug-likeness (QED) is 0.563. The number of esters is 1. The normalized spacial score (nSPS) is 15.6. The van der Waals surface area contributed by atoms with Gasteiger partial charge in [-0.1, -0.05) is 29.8 Å². The van der Waals surface area contributed by atoms with E-state index in [0.717, 1.165) is 16.9 Å². The number of fused-ring (bicyclic) bond motifs is 1. The number of carbonyl (C=O) groups excluding carboxylic acids is 2. The number of aromatic nitrogens is 2. The average Bonchev–Trinajstić information content (AvgIpc) is 2.81. The molecule has 1 amide bonds. The van der Waals surface area contributed by atoms with Crippen molar-refractivity contribution in [1.82, 2.24) is 19.8 Å². The van der Waals surface area contributed by atoms with Gasteiger partial charge in [0, 0.05) is 36.8 Å². The summed E-state index contributed by atoms with van der Waals surface area (Å²) in [7, 11) is 1.37. The van der Waals surface area contributed by atoms with Crippen LogP contribution in [0.1, 0.15) is 33.4 Å². The Balaban J connectivity index is 1.50. The first-order valence-electron chi connectivity index (χ1n) is 10.5. The molecule has 1 atom stereocenters. The van der Waals surface area contributed by atoms with Crippen LogP contribution in [0.5, 0.6) is 0 Å². The van der Waals surface area contributed by atoms with Crippen LogP contribution in [0.3, 0.4) is 0 Å². The van der Waals surface area contributed by atoms with Gasteiger partial charge < -0.3 is 9.64 Å². The zero-order valence-corrected chi connectivity index (χ0v) is 19.1. The van der Waals surface area contributed by atoms with Crippen LogP contribution in [0.4, 0.5) is 0 Å². The summed E-state index contributed by atoms with van der Waals surface area (Å²) in [5, 5.41) is 0.518. The summed E-state index contributed by atoms with van der Waals surface area (Å²) in [5.41, 5.74) is 4.51. The summed E-state index contributed by atoms with van der Waals surface area (Å²) in [4.78, 5) is 38.6. The third-order valence-electron chi connectivity index (χ3n) is 5.91. The van der Waals surface area contributed by atoms with Gasteiger partial charge in [0.25, 0.3) is 5.91 Å². The highest BCUT2D eigenvalue weighted by Gasteiger charge is 2.33. The molecule has 1 fully saturated rings. The highest BCUT2D eigenvalue weighted by Crippen LogP contribution is 2.29. The standard InChI is InChI=1S/C24H25ClN4O3/c1-15-16(2)27-21-14-17(8-9-20(21)26-15)23(30)29-12-10-28(11-13-29)22(24(31)32-3)18-6-4-5-7-19(18)25/h4-9,14,22H,10-13H2,1-3H3/t22-/m0/s1. The first-order chi connectivity index (χ1) is 15.4. The topological polar surface area (TPSA) is 75.6 Å². The summed E-state index contributed by atoms with van der Waals surface area (Å²) >= 11 is 6.36. The smallest absolute Gasteiger partial charge is 0.327 e. The molecule has 2 aromatic carbocycles. The fourth-order valence-corrected chi connectivity index (χ4v) is 4.25. The van der Waals surface area contributed by atoms with E-state index in [2.05, 4.69) is 9.97 Å². The number of piperazine rings is 1. The van der Waals surface area contributed by atoms with Gasteiger partial charge in [0.15, 0.2) is 0 Å². The second kappa shape index (κ2) is 9.22. The number of ether oxygens (including phenoxy) is 1. The van der Waals surface area contributed by atoms with Crippen LogP contribution in [0.2, 0.25) is 5.02 Å². The highest BCUT2D eigenvalue weighted by atomic mass is 35.5. The number of rotatable bonds is 4. The van der Waals surface area contributed by atoms with Crippen LogP contribution in [0.25, 0.3) is 11.0 Å². The van der Waals surface area contributed by atoms with E-state index in [4.69, 9.17) is 16.3 Å². The van der Waals surface area contributed by atoms with Gasteiger partial charge in [-0.05, 0) is 43.7 Å². The average molecular weight is 453 g/mol. The monoisotopic (exact) mass is 452 g/mol. The van der Waals surface area contributed by atoms with E-state index in [0.29, 0.717) is 47.8 Å². The Morgan fingerprint density at radius 3 is 2.28 bits per heavy atom. The Hall–Kier alpha value is -3.03. The molecule has 4 rings (SSSR count). The molecule has 1 aliphatic heterocycles. The van der Waals surface area contributed by atoms with Gasteiger partial charge in [-0.25, -0.2) is 14.8 Å². The number of methoxy groups -OCH3 is 1. The SMILES string of the molecule is COC(=O)[C@H](c1ccccc1Cl)N1CCN(C(=O)c2ccc3nc(C)c(C)nc3c2)CC1. The number of aryl methyl sites for hydroxylation is 2. The van der Waals surface area contributed by atoms with Crippen molar-refractivity contribution in [3.63, 3.8) is 0 Å². The van der Waals surface area contributed by atoms with Crippen molar-refractivity contribution in [2.75, 3.05) is 33.3 Å². The predicted molar refractivity (Wildman–Crippen MR) is 123 cm³/mol. The van der Waals surface area contributed by atoms with Crippen LogP contribution in [-0.2, 0) is 9.53 Å². The van der Waals surface area contributed by atoms with Crippen molar-refractivity contribution in [1.29, 1.82) is 0 Å². The number of hydrogen-bond acceptors (Lipinski definition) is 6. The molecular formula is C24H25ClN4O3. The number of nitrogens with zero attached hydrogens (tertiary/aromatic N) is 4. The fourth-order valence-electron chi connectivity index (χ4n) is 4.01. The Kier molecular flexibility index (Phi) is 6.39. The van der Waals surface area contributed by atoms with Gasteiger partial charge >= 0.3 is 5.97 Å². The van der Waals surface area contributed by atoms with E-state index in [1.165, 1.54) is 7.11 Å². The molecule has 2 heterocycles. The lowest BCUT2D eigenvalue weighted by atomic mass is 10.0. The maximum Gasteiger partial charge on any atom is 0.327 e. The molecule has 0 N–H and O–H groups in total. The molecule has 0 saturated carbocycles. The minimum Gasteiger partial charge on any atom is -0.468 e. The number of amides is 1. The molecule has 7 nitrogen and oxygen atoms in total. The maximum absolute atomic E-state index is 13.1. The first kappa shape index (κ1) is 22.2. The van der Waals surface area contributed by atoms with Crippen molar-refractivity contribution in [3.05, 3.63) is 70.0 Å². The molecule has 0 aliphatic carbocycles. The van der Waals surface area contributed by atoms with Crippen LogP contribution in [0, 0.1) is 13.8 Å². The van der Waals surface area contributed by atoms with E-state index < -0.39 is 6.04 Å². The van der Waals surface area contributed by atoms with Crippen molar-refractivity contribution in [3.8, 4) is 0 Å². The second-order valence-corrected chi connectivity index (χ2v) is 8.28. The van der Waals surface area contributed by atoms with E-state index >= 15 is 0 Å². The van der Waals surface area contributed by atoms with E-state index in [1.54, 1.807) is 23.1 Å². The predicted octanol–water partition coefficient (Wildman–Crippen LogP) is 3.57. The zero-order chi connectivity index (χ0) is 22.8. The first-order valence-corrected chi connectivity index (χ1v) is 10.9. The minimum atomic E-state index is -0.604. The van der Waals surface area contributed by atoms with Crippen LogP contribution in [-0.4, -0.2) is 64.9 Å². The Morgan fingerprint density at radius 1 is 0.969 bits per heavy atom. The molecule has 8 heteroatoms. The Bertz CT molecular complexity index is 1180. The largest absolute Gasteiger partial charge is 0.468 e.